The normalized spacial score (nSPS) is 17.0. The third kappa shape index (κ3) is 5.25. The summed E-state index contributed by atoms with van der Waals surface area (Å²) in [5.41, 5.74) is 4.35. The smallest absolute Gasteiger partial charge is 0.256 e. The summed E-state index contributed by atoms with van der Waals surface area (Å²) in [5.74, 6) is -0.126. The van der Waals surface area contributed by atoms with E-state index in [1.165, 1.54) is 12.1 Å². The van der Waals surface area contributed by atoms with Crippen LogP contribution in [0.1, 0.15) is 58.2 Å². The molecule has 3 heterocycles. The van der Waals surface area contributed by atoms with Gasteiger partial charge in [0.05, 0.1) is 21.8 Å². The Hall–Kier alpha value is -3.07. The number of hydrogen-bond donors (Lipinski definition) is 2. The van der Waals surface area contributed by atoms with E-state index in [-0.39, 0.29) is 32.5 Å². The van der Waals surface area contributed by atoms with E-state index in [1.54, 1.807) is 30.3 Å². The van der Waals surface area contributed by atoms with Crippen LogP contribution in [-0.4, -0.2) is 43.2 Å². The first-order valence-corrected chi connectivity index (χ1v) is 15.2. The molecule has 2 aromatic carbocycles. The summed E-state index contributed by atoms with van der Waals surface area (Å²) in [6.07, 6.45) is 3.64. The summed E-state index contributed by atoms with van der Waals surface area (Å²) in [5, 5.41) is 3.34. The molecule has 0 unspecified atom stereocenters. The van der Waals surface area contributed by atoms with E-state index in [0.29, 0.717) is 39.6 Å². The number of rotatable bonds is 5. The minimum Gasteiger partial charge on any atom is -0.358 e. The van der Waals surface area contributed by atoms with Gasteiger partial charge in [0.1, 0.15) is 0 Å². The number of carbonyl (C=O) groups is 2. The average Bonchev–Trinajstić information content (AvgIpc) is 3.35. The second-order valence-corrected chi connectivity index (χ2v) is 13.1. The number of hydrogen-bond acceptors (Lipinski definition) is 4. The van der Waals surface area contributed by atoms with Crippen LogP contribution in [0.5, 0.6) is 0 Å². The Bertz CT molecular complexity index is 1610. The van der Waals surface area contributed by atoms with Gasteiger partial charge >= 0.3 is 0 Å². The molecule has 3 aromatic rings. The van der Waals surface area contributed by atoms with Gasteiger partial charge in [-0.25, -0.2) is 8.42 Å². The predicted octanol–water partition coefficient (Wildman–Crippen LogP) is 6.28. The molecule has 5 rings (SSSR count). The maximum atomic E-state index is 13.3. The Morgan fingerprint density at radius 1 is 1.10 bits per heavy atom. The Kier molecular flexibility index (Phi) is 7.39. The number of amides is 2. The first-order valence-electron chi connectivity index (χ1n) is 12.8. The molecule has 7 nitrogen and oxygen atoms in total. The maximum Gasteiger partial charge on any atom is 0.256 e. The zero-order valence-electron chi connectivity index (χ0n) is 21.9. The highest BCUT2D eigenvalue weighted by Gasteiger charge is 2.30. The number of likely N-dealkylation sites (tertiary alicyclic amines) is 1. The highest BCUT2D eigenvalue weighted by atomic mass is 35.5. The molecule has 0 atom stereocenters. The Morgan fingerprint density at radius 3 is 2.44 bits per heavy atom. The fraction of sp³-hybridized carbons (Fsp3) is 0.310. The molecule has 1 saturated heterocycles. The lowest BCUT2D eigenvalue weighted by molar-refractivity contribution is -0.110. The molecule has 2 aliphatic heterocycles. The van der Waals surface area contributed by atoms with Gasteiger partial charge < -0.3 is 15.2 Å². The van der Waals surface area contributed by atoms with Gasteiger partial charge in [-0.3, -0.25) is 9.59 Å². The van der Waals surface area contributed by atoms with Crippen molar-refractivity contribution in [2.75, 3.05) is 18.4 Å². The molecule has 10 heteroatoms. The van der Waals surface area contributed by atoms with Crippen LogP contribution in [0.25, 0.3) is 11.6 Å². The molecule has 0 bridgehead atoms. The molecule has 1 fully saturated rings. The lowest BCUT2D eigenvalue weighted by atomic mass is 9.98. The number of benzene rings is 2. The fourth-order valence-electron chi connectivity index (χ4n) is 5.20. The Morgan fingerprint density at radius 2 is 1.77 bits per heavy atom. The van der Waals surface area contributed by atoms with Crippen molar-refractivity contribution in [3.63, 3.8) is 0 Å². The number of sulfone groups is 1. The van der Waals surface area contributed by atoms with Gasteiger partial charge in [0.2, 0.25) is 0 Å². The minimum absolute atomic E-state index is 0.0133. The fourth-order valence-corrected chi connectivity index (χ4v) is 7.32. The summed E-state index contributed by atoms with van der Waals surface area (Å²) in [7, 11) is -3.83. The zero-order valence-corrected chi connectivity index (χ0v) is 24.2. The van der Waals surface area contributed by atoms with E-state index < -0.39 is 9.84 Å². The molecule has 0 radical (unpaired) electrons. The maximum absolute atomic E-state index is 13.3. The van der Waals surface area contributed by atoms with Gasteiger partial charge in [0, 0.05) is 51.3 Å². The summed E-state index contributed by atoms with van der Waals surface area (Å²) in [6, 6.07) is 9.37. The van der Waals surface area contributed by atoms with Crippen LogP contribution >= 0.6 is 23.2 Å². The van der Waals surface area contributed by atoms with Crippen molar-refractivity contribution < 1.29 is 18.0 Å². The summed E-state index contributed by atoms with van der Waals surface area (Å²) in [6.45, 7) is 7.37. The molecule has 0 aliphatic carbocycles. The molecule has 2 amide bonds. The van der Waals surface area contributed by atoms with Crippen molar-refractivity contribution in [1.82, 2.24) is 9.88 Å². The van der Waals surface area contributed by atoms with Crippen molar-refractivity contribution in [1.29, 1.82) is 0 Å². The SMILES string of the molecule is Cc1[nH]c(/C=C2\C(=O)Nc3ccc(S(=O)(=O)Cc4c(Cl)cccc4Cl)cc32)c(C)c1C(=O)N1CCC(C)CC1. The monoisotopic (exact) mass is 585 g/mol. The highest BCUT2D eigenvalue weighted by Crippen LogP contribution is 2.37. The molecule has 39 heavy (non-hydrogen) atoms. The topological polar surface area (TPSA) is 99.3 Å². The number of carbonyl (C=O) groups excluding carboxylic acids is 2. The van der Waals surface area contributed by atoms with Gasteiger partial charge in [-0.2, -0.15) is 0 Å². The van der Waals surface area contributed by atoms with E-state index in [0.717, 1.165) is 37.2 Å². The molecule has 2 aliphatic rings. The summed E-state index contributed by atoms with van der Waals surface area (Å²) >= 11 is 12.4. The average molecular weight is 587 g/mol. The van der Waals surface area contributed by atoms with E-state index in [4.69, 9.17) is 23.2 Å². The number of H-pyrrole nitrogens is 1. The number of aryl methyl sites for hydroxylation is 1. The number of piperidine rings is 1. The quantitative estimate of drug-likeness (QED) is 0.344. The Balaban J connectivity index is 1.48. The number of aromatic amines is 1. The third-order valence-corrected chi connectivity index (χ3v) is 9.93. The van der Waals surface area contributed by atoms with E-state index in [9.17, 15) is 18.0 Å². The van der Waals surface area contributed by atoms with Crippen LogP contribution in [0.15, 0.2) is 41.3 Å². The molecular weight excluding hydrogens is 557 g/mol. The standard InChI is InChI=1S/C29H29Cl2N3O4S/c1-16-9-11-34(12-10-16)29(36)27-17(2)26(32-18(27)3)14-21-20-13-19(7-8-25(20)33-28(21)35)39(37,38)15-22-23(30)5-4-6-24(22)31/h4-8,13-14,16,32H,9-12,15H2,1-3H3,(H,33,35)/b21-14-. The Labute approximate surface area is 238 Å². The number of fused-ring (bicyclic) bond motifs is 1. The van der Waals surface area contributed by atoms with Crippen LogP contribution in [0.3, 0.4) is 0 Å². The number of nitrogens with zero attached hydrogens (tertiary/aromatic N) is 1. The number of halogens is 2. The third-order valence-electron chi connectivity index (χ3n) is 7.58. The first kappa shape index (κ1) is 27.5. The van der Waals surface area contributed by atoms with Crippen LogP contribution in [0.4, 0.5) is 5.69 Å². The number of anilines is 1. The van der Waals surface area contributed by atoms with Crippen LogP contribution < -0.4 is 5.32 Å². The predicted molar refractivity (Wildman–Crippen MR) is 155 cm³/mol. The molecule has 2 N–H and O–H groups in total. The van der Waals surface area contributed by atoms with Gasteiger partial charge in [0.25, 0.3) is 11.8 Å². The zero-order chi connectivity index (χ0) is 28.1. The molecular formula is C29H29Cl2N3O4S. The molecule has 204 valence electrons. The van der Waals surface area contributed by atoms with Crippen molar-refractivity contribution in [3.05, 3.63) is 80.1 Å². The lowest BCUT2D eigenvalue weighted by Gasteiger charge is -2.30. The second-order valence-electron chi connectivity index (χ2n) is 10.3. The summed E-state index contributed by atoms with van der Waals surface area (Å²) in [4.78, 5) is 31.5. The summed E-state index contributed by atoms with van der Waals surface area (Å²) < 4.78 is 26.6. The van der Waals surface area contributed by atoms with E-state index >= 15 is 0 Å². The van der Waals surface area contributed by atoms with E-state index in [1.807, 2.05) is 18.7 Å². The second kappa shape index (κ2) is 10.5. The van der Waals surface area contributed by atoms with Crippen molar-refractivity contribution in [2.45, 2.75) is 44.3 Å². The molecule has 0 spiro atoms. The lowest BCUT2D eigenvalue weighted by Crippen LogP contribution is -2.38. The van der Waals surface area contributed by atoms with Gasteiger partial charge in [-0.1, -0.05) is 36.2 Å². The largest absolute Gasteiger partial charge is 0.358 e. The number of nitrogens with one attached hydrogen (secondary N) is 2. The van der Waals surface area contributed by atoms with Crippen LogP contribution in [0.2, 0.25) is 10.0 Å². The van der Waals surface area contributed by atoms with Crippen LogP contribution in [0, 0.1) is 19.8 Å². The van der Waals surface area contributed by atoms with Gasteiger partial charge in [0.15, 0.2) is 9.84 Å². The van der Waals surface area contributed by atoms with Gasteiger partial charge in [-0.05, 0) is 74.6 Å². The number of aromatic nitrogens is 1. The molecule has 0 saturated carbocycles. The van der Waals surface area contributed by atoms with Gasteiger partial charge in [-0.15, -0.1) is 0 Å². The van der Waals surface area contributed by atoms with E-state index in [2.05, 4.69) is 17.2 Å². The highest BCUT2D eigenvalue weighted by molar-refractivity contribution is 7.90. The van der Waals surface area contributed by atoms with Crippen molar-refractivity contribution in [3.8, 4) is 0 Å². The van der Waals surface area contributed by atoms with Crippen LogP contribution in [-0.2, 0) is 20.4 Å². The molecule has 1 aromatic heterocycles. The first-order chi connectivity index (χ1) is 18.5. The van der Waals surface area contributed by atoms with Crippen molar-refractivity contribution >= 4 is 62.2 Å². The van der Waals surface area contributed by atoms with Crippen molar-refractivity contribution in [2.24, 2.45) is 5.92 Å². The minimum atomic E-state index is -3.83.